The number of imidazole rings is 1. The Balaban J connectivity index is 1.93. The summed E-state index contributed by atoms with van der Waals surface area (Å²) in [5.74, 6) is 0.716. The molecule has 4 nitrogen and oxygen atoms in total. The van der Waals surface area contributed by atoms with Gasteiger partial charge < -0.3 is 9.88 Å². The second-order valence-corrected chi connectivity index (χ2v) is 4.38. The van der Waals surface area contributed by atoms with Crippen molar-refractivity contribution in [2.24, 2.45) is 5.92 Å². The molecule has 4 heterocycles. The zero-order chi connectivity index (χ0) is 9.54. The number of H-pyrrole nitrogens is 1. The standard InChI is InChI=1S/C10H15N3O/c14-10-11-3-6-13(10)9-7-12-4-1-8(9)2-5-12/h3,6,8-9H,1-2,4-5,7H2,(H,11,14). The predicted molar refractivity (Wildman–Crippen MR) is 53.3 cm³/mol. The lowest BCUT2D eigenvalue weighted by Crippen LogP contribution is -2.49. The summed E-state index contributed by atoms with van der Waals surface area (Å²) in [6.07, 6.45) is 6.12. The summed E-state index contributed by atoms with van der Waals surface area (Å²) in [6, 6.07) is 0.413. The van der Waals surface area contributed by atoms with E-state index in [1.807, 2.05) is 10.8 Å². The summed E-state index contributed by atoms with van der Waals surface area (Å²) < 4.78 is 1.87. The van der Waals surface area contributed by atoms with Crippen LogP contribution in [0.25, 0.3) is 0 Å². The van der Waals surface area contributed by atoms with Gasteiger partial charge in [0, 0.05) is 18.9 Å². The fourth-order valence-electron chi connectivity index (χ4n) is 2.84. The first-order valence-electron chi connectivity index (χ1n) is 5.32. The van der Waals surface area contributed by atoms with Crippen molar-refractivity contribution in [2.45, 2.75) is 18.9 Å². The maximum absolute atomic E-state index is 11.5. The van der Waals surface area contributed by atoms with Gasteiger partial charge in [-0.15, -0.1) is 0 Å². The number of hydrogen-bond donors (Lipinski definition) is 1. The molecule has 1 unspecified atom stereocenters. The molecule has 1 N–H and O–H groups in total. The van der Waals surface area contributed by atoms with Gasteiger partial charge in [0.1, 0.15) is 0 Å². The normalized spacial score (nSPS) is 36.1. The van der Waals surface area contributed by atoms with E-state index < -0.39 is 0 Å². The molecule has 3 aliphatic rings. The van der Waals surface area contributed by atoms with Crippen LogP contribution >= 0.6 is 0 Å². The molecule has 4 rings (SSSR count). The first kappa shape index (κ1) is 8.29. The largest absolute Gasteiger partial charge is 0.325 e. The Morgan fingerprint density at radius 2 is 2.14 bits per heavy atom. The minimum atomic E-state index is 0.0451. The first-order valence-corrected chi connectivity index (χ1v) is 5.32. The molecule has 0 amide bonds. The van der Waals surface area contributed by atoms with Gasteiger partial charge in [0.05, 0.1) is 6.04 Å². The molecular formula is C10H15N3O. The molecule has 0 radical (unpaired) electrons. The second-order valence-electron chi connectivity index (χ2n) is 4.38. The molecule has 14 heavy (non-hydrogen) atoms. The summed E-state index contributed by atoms with van der Waals surface area (Å²) in [5, 5.41) is 0. The molecular weight excluding hydrogens is 178 g/mol. The Morgan fingerprint density at radius 1 is 1.36 bits per heavy atom. The highest BCUT2D eigenvalue weighted by Crippen LogP contribution is 2.34. The van der Waals surface area contributed by atoms with Crippen molar-refractivity contribution in [3.63, 3.8) is 0 Å². The van der Waals surface area contributed by atoms with E-state index in [1.165, 1.54) is 25.9 Å². The molecule has 3 aliphatic heterocycles. The minimum absolute atomic E-state index is 0.0451. The van der Waals surface area contributed by atoms with E-state index in [4.69, 9.17) is 0 Å². The highest BCUT2D eigenvalue weighted by atomic mass is 16.1. The van der Waals surface area contributed by atoms with Crippen molar-refractivity contribution >= 4 is 0 Å². The van der Waals surface area contributed by atoms with Crippen LogP contribution in [0.5, 0.6) is 0 Å². The Kier molecular flexibility index (Phi) is 1.77. The van der Waals surface area contributed by atoms with Crippen molar-refractivity contribution in [1.29, 1.82) is 0 Å². The Labute approximate surface area is 82.5 Å². The third-order valence-electron chi connectivity index (χ3n) is 3.66. The molecule has 1 aromatic heterocycles. The van der Waals surface area contributed by atoms with E-state index in [9.17, 15) is 4.79 Å². The molecule has 1 aromatic rings. The van der Waals surface area contributed by atoms with Gasteiger partial charge in [-0.1, -0.05) is 0 Å². The number of nitrogens with zero attached hydrogens (tertiary/aromatic N) is 2. The Bertz CT molecular complexity index is 373. The Hall–Kier alpha value is -1.03. The fraction of sp³-hybridized carbons (Fsp3) is 0.700. The van der Waals surface area contributed by atoms with Gasteiger partial charge >= 0.3 is 5.69 Å². The predicted octanol–water partition coefficient (Wildman–Crippen LogP) is 0.443. The summed E-state index contributed by atoms with van der Waals surface area (Å²) in [4.78, 5) is 16.7. The van der Waals surface area contributed by atoms with Crippen LogP contribution in [-0.4, -0.2) is 34.1 Å². The number of hydrogen-bond acceptors (Lipinski definition) is 2. The van der Waals surface area contributed by atoms with Gasteiger partial charge in [0.2, 0.25) is 0 Å². The van der Waals surface area contributed by atoms with Crippen LogP contribution in [0, 0.1) is 5.92 Å². The molecule has 3 fully saturated rings. The van der Waals surface area contributed by atoms with E-state index in [-0.39, 0.29) is 5.69 Å². The minimum Gasteiger partial charge on any atom is -0.313 e. The number of fused-ring (bicyclic) bond motifs is 3. The summed E-state index contributed by atoms with van der Waals surface area (Å²) in [5.41, 5.74) is 0.0451. The number of aromatic nitrogens is 2. The molecule has 0 aromatic carbocycles. The summed E-state index contributed by atoms with van der Waals surface area (Å²) in [7, 11) is 0. The van der Waals surface area contributed by atoms with Crippen molar-refractivity contribution in [2.75, 3.05) is 19.6 Å². The van der Waals surface area contributed by atoms with E-state index >= 15 is 0 Å². The van der Waals surface area contributed by atoms with Crippen LogP contribution < -0.4 is 5.69 Å². The molecule has 0 aliphatic carbocycles. The van der Waals surface area contributed by atoms with Gasteiger partial charge in [-0.3, -0.25) is 4.57 Å². The van der Waals surface area contributed by atoms with Crippen molar-refractivity contribution in [3.8, 4) is 0 Å². The number of rotatable bonds is 1. The van der Waals surface area contributed by atoms with Crippen LogP contribution in [0.1, 0.15) is 18.9 Å². The van der Waals surface area contributed by atoms with Crippen LogP contribution in [-0.2, 0) is 0 Å². The van der Waals surface area contributed by atoms with Crippen LogP contribution in [0.3, 0.4) is 0 Å². The molecule has 0 saturated carbocycles. The van der Waals surface area contributed by atoms with E-state index in [0.717, 1.165) is 6.54 Å². The van der Waals surface area contributed by atoms with Gasteiger partial charge in [0.25, 0.3) is 0 Å². The lowest BCUT2D eigenvalue weighted by molar-refractivity contribution is 0.0556. The van der Waals surface area contributed by atoms with E-state index in [1.54, 1.807) is 6.20 Å². The number of piperidine rings is 3. The maximum atomic E-state index is 11.5. The van der Waals surface area contributed by atoms with Crippen LogP contribution in [0.2, 0.25) is 0 Å². The van der Waals surface area contributed by atoms with Crippen LogP contribution in [0.4, 0.5) is 0 Å². The molecule has 76 valence electrons. The number of aromatic amines is 1. The topological polar surface area (TPSA) is 41.0 Å². The zero-order valence-corrected chi connectivity index (χ0v) is 8.15. The summed E-state index contributed by atoms with van der Waals surface area (Å²) in [6.45, 7) is 3.50. The zero-order valence-electron chi connectivity index (χ0n) is 8.15. The first-order chi connectivity index (χ1) is 6.84. The Morgan fingerprint density at radius 3 is 2.64 bits per heavy atom. The summed E-state index contributed by atoms with van der Waals surface area (Å²) >= 11 is 0. The van der Waals surface area contributed by atoms with Crippen molar-refractivity contribution < 1.29 is 0 Å². The molecule has 2 bridgehead atoms. The second kappa shape index (κ2) is 2.98. The maximum Gasteiger partial charge on any atom is 0.325 e. The molecule has 3 saturated heterocycles. The van der Waals surface area contributed by atoms with Gasteiger partial charge in [0.15, 0.2) is 0 Å². The van der Waals surface area contributed by atoms with Crippen LogP contribution in [0.15, 0.2) is 17.2 Å². The van der Waals surface area contributed by atoms with Gasteiger partial charge in [-0.05, 0) is 31.8 Å². The monoisotopic (exact) mass is 193 g/mol. The highest BCUT2D eigenvalue weighted by Gasteiger charge is 2.35. The molecule has 0 spiro atoms. The smallest absolute Gasteiger partial charge is 0.313 e. The average molecular weight is 193 g/mol. The number of nitrogens with one attached hydrogen (secondary N) is 1. The quantitative estimate of drug-likeness (QED) is 0.703. The SMILES string of the molecule is O=c1[nH]ccn1C1CN2CCC1CC2. The third kappa shape index (κ3) is 1.14. The third-order valence-corrected chi connectivity index (χ3v) is 3.66. The molecule has 1 atom stereocenters. The van der Waals surface area contributed by atoms with Crippen molar-refractivity contribution in [3.05, 3.63) is 22.9 Å². The van der Waals surface area contributed by atoms with Gasteiger partial charge in [-0.25, -0.2) is 4.79 Å². The lowest BCUT2D eigenvalue weighted by atomic mass is 9.84. The van der Waals surface area contributed by atoms with Crippen molar-refractivity contribution in [1.82, 2.24) is 14.5 Å². The van der Waals surface area contributed by atoms with E-state index in [0.29, 0.717) is 12.0 Å². The molecule has 4 heteroatoms. The van der Waals surface area contributed by atoms with E-state index in [2.05, 4.69) is 9.88 Å². The van der Waals surface area contributed by atoms with Gasteiger partial charge in [-0.2, -0.15) is 0 Å². The lowest BCUT2D eigenvalue weighted by Gasteiger charge is -2.44. The fourth-order valence-corrected chi connectivity index (χ4v) is 2.84. The highest BCUT2D eigenvalue weighted by molar-refractivity contribution is 4.93. The average Bonchev–Trinajstić information content (AvgIpc) is 2.66.